The highest BCUT2D eigenvalue weighted by molar-refractivity contribution is 5.83. The van der Waals surface area contributed by atoms with E-state index >= 15 is 0 Å². The molecule has 5 fully saturated rings. The Morgan fingerprint density at radius 1 is 1.07 bits per heavy atom. The van der Waals surface area contributed by atoms with E-state index in [0.29, 0.717) is 42.5 Å². The molecule has 10 unspecified atom stereocenters. The molecule has 3 heterocycles. The molecule has 3 aliphatic heterocycles. The second kappa shape index (κ2) is 16.0. The number of nitrogens with two attached hydrogens (primary N) is 1. The molecule has 0 bridgehead atoms. The zero-order valence-corrected chi connectivity index (χ0v) is 30.1. The van der Waals surface area contributed by atoms with E-state index in [9.17, 15) is 9.59 Å². The van der Waals surface area contributed by atoms with Gasteiger partial charge in [0.2, 0.25) is 11.8 Å². The Morgan fingerprint density at radius 3 is 2.43 bits per heavy atom. The second-order valence-corrected chi connectivity index (χ2v) is 16.5. The summed E-state index contributed by atoms with van der Waals surface area (Å²) >= 11 is 0. The lowest BCUT2D eigenvalue weighted by Gasteiger charge is -2.50. The number of carbonyl (C=O) groups is 2. The molecule has 0 aromatic rings. The number of nitrogens with one attached hydrogen (secondary N) is 3. The molecule has 2 amide bonds. The normalized spacial score (nSPS) is 42.9. The first-order chi connectivity index (χ1) is 22.0. The first-order valence-electron chi connectivity index (χ1n) is 19.1. The van der Waals surface area contributed by atoms with Crippen molar-refractivity contribution in [3.05, 3.63) is 0 Å². The first-order valence-corrected chi connectivity index (χ1v) is 19.1. The summed E-state index contributed by atoms with van der Waals surface area (Å²) in [5.41, 5.74) is 6.33. The van der Waals surface area contributed by atoms with Gasteiger partial charge in [-0.3, -0.25) is 14.5 Å². The molecule has 9 heteroatoms. The molecule has 2 aliphatic carbocycles. The van der Waals surface area contributed by atoms with E-state index in [0.717, 1.165) is 84.3 Å². The number of hydrogen-bond donors (Lipinski definition) is 4. The molecule has 0 aromatic carbocycles. The average Bonchev–Trinajstić information content (AvgIpc) is 3.05. The van der Waals surface area contributed by atoms with Crippen molar-refractivity contribution in [1.29, 1.82) is 0 Å². The van der Waals surface area contributed by atoms with E-state index in [1.807, 2.05) is 0 Å². The van der Waals surface area contributed by atoms with Gasteiger partial charge >= 0.3 is 0 Å². The third-order valence-electron chi connectivity index (χ3n) is 13.9. The van der Waals surface area contributed by atoms with Crippen LogP contribution < -0.4 is 21.7 Å². The summed E-state index contributed by atoms with van der Waals surface area (Å²) in [4.78, 5) is 32.6. The summed E-state index contributed by atoms with van der Waals surface area (Å²) in [5.74, 6) is 1.62. The van der Waals surface area contributed by atoms with E-state index in [4.69, 9.17) is 10.5 Å². The van der Waals surface area contributed by atoms with Crippen LogP contribution in [0.4, 0.5) is 0 Å². The van der Waals surface area contributed by atoms with Crippen molar-refractivity contribution in [3.8, 4) is 0 Å². The highest BCUT2D eigenvalue weighted by Crippen LogP contribution is 2.45. The molecule has 3 saturated heterocycles. The SMILES string of the molecule is CCCC1(C)C(C)NC(=O)C(CNC(=O)C2CC(C3CCC(CN4CCOCC4)NC3)CC(N(C)C3CCC(N)CC3)C2C)C1C. The number of piperidine rings is 2. The first kappa shape index (κ1) is 36.0. The van der Waals surface area contributed by atoms with Crippen molar-refractivity contribution in [1.82, 2.24) is 25.8 Å². The topological polar surface area (TPSA) is 112 Å². The maximum atomic E-state index is 14.2. The molecule has 9 nitrogen and oxygen atoms in total. The second-order valence-electron chi connectivity index (χ2n) is 16.5. The molecule has 0 aromatic heterocycles. The minimum Gasteiger partial charge on any atom is -0.379 e. The maximum Gasteiger partial charge on any atom is 0.225 e. The Morgan fingerprint density at radius 2 is 1.78 bits per heavy atom. The average molecular weight is 645 g/mol. The van der Waals surface area contributed by atoms with Crippen molar-refractivity contribution in [2.24, 2.45) is 46.7 Å². The number of morpholine rings is 1. The Balaban J connectivity index is 1.25. The molecule has 2 saturated carbocycles. The maximum absolute atomic E-state index is 14.2. The molecular formula is C37H68N6O3. The van der Waals surface area contributed by atoms with Crippen LogP contribution in [0.2, 0.25) is 0 Å². The number of amides is 2. The summed E-state index contributed by atoms with van der Waals surface area (Å²) in [7, 11) is 2.32. The van der Waals surface area contributed by atoms with E-state index in [1.165, 1.54) is 19.3 Å². The lowest BCUT2D eigenvalue weighted by molar-refractivity contribution is -0.137. The zero-order chi connectivity index (χ0) is 33.0. The molecule has 264 valence electrons. The van der Waals surface area contributed by atoms with Crippen molar-refractivity contribution in [3.63, 3.8) is 0 Å². The fourth-order valence-electron chi connectivity index (χ4n) is 10.2. The molecule has 5 aliphatic rings. The van der Waals surface area contributed by atoms with Crippen molar-refractivity contribution < 1.29 is 14.3 Å². The summed E-state index contributed by atoms with van der Waals surface area (Å²) < 4.78 is 5.56. The predicted octanol–water partition coefficient (Wildman–Crippen LogP) is 3.61. The fraction of sp³-hybridized carbons (Fsp3) is 0.946. The molecule has 5 N–H and O–H groups in total. The van der Waals surface area contributed by atoms with Crippen LogP contribution >= 0.6 is 0 Å². The minimum atomic E-state index is -0.192. The summed E-state index contributed by atoms with van der Waals surface area (Å²) in [5, 5.41) is 10.6. The monoisotopic (exact) mass is 645 g/mol. The highest BCUT2D eigenvalue weighted by atomic mass is 16.5. The molecule has 46 heavy (non-hydrogen) atoms. The van der Waals surface area contributed by atoms with Gasteiger partial charge in [-0.05, 0) is 107 Å². The number of hydrogen-bond acceptors (Lipinski definition) is 7. The fourth-order valence-corrected chi connectivity index (χ4v) is 10.2. The van der Waals surface area contributed by atoms with E-state index < -0.39 is 0 Å². The molecule has 0 spiro atoms. The van der Waals surface area contributed by atoms with Crippen LogP contribution in [0.1, 0.15) is 98.8 Å². The van der Waals surface area contributed by atoms with Gasteiger partial charge in [0.25, 0.3) is 0 Å². The minimum absolute atomic E-state index is 0.0330. The largest absolute Gasteiger partial charge is 0.379 e. The number of rotatable bonds is 10. The van der Waals surface area contributed by atoms with Gasteiger partial charge < -0.3 is 31.3 Å². The van der Waals surface area contributed by atoms with Gasteiger partial charge in [0.15, 0.2) is 0 Å². The van der Waals surface area contributed by atoms with Crippen LogP contribution in [0, 0.1) is 40.9 Å². The third-order valence-corrected chi connectivity index (χ3v) is 13.9. The van der Waals surface area contributed by atoms with Crippen molar-refractivity contribution in [2.45, 2.75) is 129 Å². The number of carbonyl (C=O) groups excluding carboxylic acids is 2. The van der Waals surface area contributed by atoms with E-state index in [-0.39, 0.29) is 46.9 Å². The standard InChI is InChI=1S/C37H68N6O3/c1-7-14-37(5)25(3)33(36(45)41-26(37)4)22-40-35(44)32-19-28(20-34(24(32)2)42(6)31-12-9-29(38)10-13-31)27-8-11-30(39-21-27)23-43-15-17-46-18-16-43/h24-34,39H,7-23,38H2,1-6H3,(H,40,44)(H,41,45). The smallest absolute Gasteiger partial charge is 0.225 e. The highest BCUT2D eigenvalue weighted by Gasteiger charge is 2.48. The zero-order valence-electron chi connectivity index (χ0n) is 30.1. The Bertz CT molecular complexity index is 992. The molecular weight excluding hydrogens is 576 g/mol. The number of nitrogens with zero attached hydrogens (tertiary/aromatic N) is 2. The van der Waals surface area contributed by atoms with E-state index in [2.05, 4.69) is 67.4 Å². The van der Waals surface area contributed by atoms with Crippen LogP contribution in [-0.4, -0.2) is 105 Å². The quantitative estimate of drug-likeness (QED) is 0.288. The lowest BCUT2D eigenvalue weighted by atomic mass is 9.62. The summed E-state index contributed by atoms with van der Waals surface area (Å²) in [6.07, 6.45) is 11.2. The van der Waals surface area contributed by atoms with Crippen LogP contribution in [0.3, 0.4) is 0 Å². The lowest BCUT2D eigenvalue weighted by Crippen LogP contribution is -2.60. The summed E-state index contributed by atoms with van der Waals surface area (Å²) in [6, 6.07) is 1.95. The van der Waals surface area contributed by atoms with Gasteiger partial charge in [-0.2, -0.15) is 0 Å². The van der Waals surface area contributed by atoms with Crippen molar-refractivity contribution in [2.75, 3.05) is 53.0 Å². The van der Waals surface area contributed by atoms with E-state index in [1.54, 1.807) is 0 Å². The van der Waals surface area contributed by atoms with Crippen molar-refractivity contribution >= 4 is 11.8 Å². The van der Waals surface area contributed by atoms with Gasteiger partial charge in [-0.25, -0.2) is 0 Å². The van der Waals surface area contributed by atoms with Crippen LogP contribution in [0.15, 0.2) is 0 Å². The Labute approximate surface area is 280 Å². The molecule has 0 radical (unpaired) electrons. The molecule has 10 atom stereocenters. The Kier molecular flexibility index (Phi) is 12.5. The van der Waals surface area contributed by atoms with Crippen LogP contribution in [0.25, 0.3) is 0 Å². The van der Waals surface area contributed by atoms with Gasteiger partial charge in [0.1, 0.15) is 0 Å². The van der Waals surface area contributed by atoms with Crippen LogP contribution in [0.5, 0.6) is 0 Å². The predicted molar refractivity (Wildman–Crippen MR) is 185 cm³/mol. The van der Waals surface area contributed by atoms with Gasteiger partial charge in [0.05, 0.1) is 19.1 Å². The number of ether oxygens (including phenoxy) is 1. The van der Waals surface area contributed by atoms with Crippen LogP contribution in [-0.2, 0) is 14.3 Å². The van der Waals surface area contributed by atoms with Gasteiger partial charge in [0, 0.05) is 62.3 Å². The Hall–Kier alpha value is -1.26. The third kappa shape index (κ3) is 8.12. The van der Waals surface area contributed by atoms with Gasteiger partial charge in [-0.15, -0.1) is 0 Å². The molecule has 5 rings (SSSR count). The van der Waals surface area contributed by atoms with Gasteiger partial charge in [-0.1, -0.05) is 34.1 Å². The summed E-state index contributed by atoms with van der Waals surface area (Å²) in [6.45, 7) is 17.6.